The lowest BCUT2D eigenvalue weighted by Crippen LogP contribution is -2.32. The third-order valence-electron chi connectivity index (χ3n) is 6.88. The van der Waals surface area contributed by atoms with E-state index in [1.807, 2.05) is 0 Å². The first kappa shape index (κ1) is 27.7. The molecule has 212 valence electrons. The Morgan fingerprint density at radius 3 is 2.36 bits per heavy atom. The molecule has 0 aliphatic carbocycles. The van der Waals surface area contributed by atoms with Crippen molar-refractivity contribution in [3.63, 3.8) is 0 Å². The van der Waals surface area contributed by atoms with Crippen LogP contribution < -0.4 is 19.8 Å². The number of aromatic amines is 1. The number of H-pyrrole nitrogens is 1. The Bertz CT molecular complexity index is 1770. The molecule has 4 aromatic rings. The summed E-state index contributed by atoms with van der Waals surface area (Å²) < 4.78 is 5.63. The molecule has 0 radical (unpaired) electrons. The van der Waals surface area contributed by atoms with Crippen LogP contribution in [0.1, 0.15) is 16.4 Å². The minimum Gasteiger partial charge on any atom is -0.484 e. The second-order valence-electron chi connectivity index (χ2n) is 9.45. The van der Waals surface area contributed by atoms with Crippen molar-refractivity contribution >= 4 is 69.5 Å². The Labute approximate surface area is 250 Å². The van der Waals surface area contributed by atoms with Crippen LogP contribution >= 0.6 is 34.7 Å². The quantitative estimate of drug-likeness (QED) is 0.169. The molecular weight excluding hydrogens is 604 g/mol. The number of amides is 3. The first-order chi connectivity index (χ1) is 20.2. The molecule has 3 atom stereocenters. The topological polar surface area (TPSA) is 152 Å². The number of fused-ring (bicyclic) bond motifs is 2. The van der Waals surface area contributed by atoms with Crippen molar-refractivity contribution in [1.82, 2.24) is 4.98 Å². The van der Waals surface area contributed by atoms with Gasteiger partial charge in [0.1, 0.15) is 11.0 Å². The second-order valence-corrected chi connectivity index (χ2v) is 12.1. The summed E-state index contributed by atoms with van der Waals surface area (Å²) in [5.74, 6) is -2.28. The van der Waals surface area contributed by atoms with Crippen LogP contribution in [0.2, 0.25) is 5.02 Å². The Morgan fingerprint density at radius 2 is 1.69 bits per heavy atom. The highest BCUT2D eigenvalue weighted by Crippen LogP contribution is 2.53. The molecule has 6 rings (SSSR count). The normalized spacial score (nSPS) is 19.3. The number of rotatable bonds is 7. The number of hydrogen-bond acceptors (Lipinski definition) is 9. The molecule has 3 heterocycles. The average Bonchev–Trinajstić information content (AvgIpc) is 3.47. The summed E-state index contributed by atoms with van der Waals surface area (Å²) in [6.07, 6.45) is 0. The van der Waals surface area contributed by atoms with Gasteiger partial charge in [0.2, 0.25) is 11.8 Å². The zero-order valence-electron chi connectivity index (χ0n) is 21.3. The smallest absolute Gasteiger partial charge is 0.305 e. The number of carbonyl (C=O) groups excluding carboxylic acids is 3. The number of aromatic nitrogens is 1. The summed E-state index contributed by atoms with van der Waals surface area (Å²) in [7, 11) is 0. The zero-order chi connectivity index (χ0) is 29.5. The van der Waals surface area contributed by atoms with Gasteiger partial charge in [-0.15, -0.1) is 0 Å². The van der Waals surface area contributed by atoms with Crippen LogP contribution in [0.3, 0.4) is 0 Å². The highest BCUT2D eigenvalue weighted by Gasteiger charge is 2.56. The number of nitro groups is 1. The van der Waals surface area contributed by atoms with Gasteiger partial charge in [0.05, 0.1) is 21.6 Å². The highest BCUT2D eigenvalue weighted by atomic mass is 35.5. The van der Waals surface area contributed by atoms with Crippen molar-refractivity contribution in [2.75, 3.05) is 16.8 Å². The van der Waals surface area contributed by atoms with E-state index in [0.717, 1.165) is 28.0 Å². The predicted molar refractivity (Wildman–Crippen MR) is 158 cm³/mol. The number of hydrogen-bond donors (Lipinski definition) is 2. The van der Waals surface area contributed by atoms with Gasteiger partial charge in [-0.05, 0) is 54.1 Å². The molecule has 2 aliphatic rings. The maximum absolute atomic E-state index is 13.8. The average molecular weight is 623 g/mol. The van der Waals surface area contributed by atoms with Crippen LogP contribution in [-0.2, 0) is 14.4 Å². The van der Waals surface area contributed by atoms with Gasteiger partial charge >= 0.3 is 4.87 Å². The number of carbonyl (C=O) groups is 3. The Kier molecular flexibility index (Phi) is 7.31. The molecule has 3 amide bonds. The van der Waals surface area contributed by atoms with E-state index < -0.39 is 33.8 Å². The van der Waals surface area contributed by atoms with E-state index in [9.17, 15) is 29.3 Å². The highest BCUT2D eigenvalue weighted by molar-refractivity contribution is 8.00. The number of ether oxygens (including phenoxy) is 1. The number of non-ortho nitro benzene ring substituents is 1. The predicted octanol–water partition coefficient (Wildman–Crippen LogP) is 4.81. The molecule has 11 nitrogen and oxygen atoms in total. The molecule has 3 unspecified atom stereocenters. The fourth-order valence-electron chi connectivity index (χ4n) is 5.00. The number of nitrogens with one attached hydrogen (secondary N) is 2. The third-order valence-corrected chi connectivity index (χ3v) is 9.53. The number of thioether (sulfide) groups is 1. The number of anilines is 2. The largest absolute Gasteiger partial charge is 0.484 e. The summed E-state index contributed by atoms with van der Waals surface area (Å²) in [6.45, 7) is -0.243. The first-order valence-corrected chi connectivity index (χ1v) is 14.6. The van der Waals surface area contributed by atoms with Gasteiger partial charge in [0.25, 0.3) is 11.6 Å². The Balaban J connectivity index is 1.24. The van der Waals surface area contributed by atoms with Gasteiger partial charge in [0, 0.05) is 33.6 Å². The van der Waals surface area contributed by atoms with E-state index in [4.69, 9.17) is 16.3 Å². The molecule has 3 aromatic carbocycles. The van der Waals surface area contributed by atoms with E-state index >= 15 is 0 Å². The molecule has 2 aliphatic heterocycles. The van der Waals surface area contributed by atoms with Gasteiger partial charge in [-0.25, -0.2) is 4.90 Å². The van der Waals surface area contributed by atoms with Crippen LogP contribution in [0.4, 0.5) is 17.1 Å². The van der Waals surface area contributed by atoms with Crippen LogP contribution in [0, 0.1) is 16.0 Å². The van der Waals surface area contributed by atoms with E-state index in [-0.39, 0.29) is 28.8 Å². The van der Waals surface area contributed by atoms with E-state index in [1.165, 1.54) is 24.3 Å². The molecule has 0 bridgehead atoms. The number of benzene rings is 3. The fourth-order valence-corrected chi connectivity index (χ4v) is 7.65. The molecule has 1 aromatic heterocycles. The van der Waals surface area contributed by atoms with Crippen molar-refractivity contribution in [2.45, 2.75) is 16.2 Å². The van der Waals surface area contributed by atoms with E-state index in [0.29, 0.717) is 31.9 Å². The molecule has 1 saturated heterocycles. The summed E-state index contributed by atoms with van der Waals surface area (Å²) in [5.41, 5.74) is 1.34. The van der Waals surface area contributed by atoms with Crippen LogP contribution in [-0.4, -0.2) is 39.5 Å². The van der Waals surface area contributed by atoms with Gasteiger partial charge in [0.15, 0.2) is 6.61 Å². The SMILES string of the molecule is O=C(COc1ccc(C2c3sc(=O)[nH]c3SC3C(=O)N(c4ccc([N+](=O)[O-])cc4)C(=O)C32)cc1)Nc1ccc(Cl)cc1. The van der Waals surface area contributed by atoms with Gasteiger partial charge < -0.3 is 15.0 Å². The number of halogens is 1. The zero-order valence-corrected chi connectivity index (χ0v) is 23.7. The standard InChI is InChI=1S/C28H19ClN4O7S2/c29-15-3-5-16(6-4-15)30-20(34)13-40-19-11-1-14(2-12-19)21-22-24(41-25-23(21)42-28(37)31-25)27(36)32(26(22)35)17-7-9-18(10-8-17)33(38)39/h1-12,21-22,24H,13H2,(H,30,34)(H,31,37). The summed E-state index contributed by atoms with van der Waals surface area (Å²) >= 11 is 7.99. The molecule has 42 heavy (non-hydrogen) atoms. The second kappa shape index (κ2) is 11.1. The lowest BCUT2D eigenvalue weighted by atomic mass is 9.83. The number of nitro benzene ring substituents is 1. The van der Waals surface area contributed by atoms with Crippen molar-refractivity contribution in [1.29, 1.82) is 0 Å². The molecule has 14 heteroatoms. The summed E-state index contributed by atoms with van der Waals surface area (Å²) in [5, 5.41) is 14.1. The lowest BCUT2D eigenvalue weighted by molar-refractivity contribution is -0.384. The monoisotopic (exact) mass is 622 g/mol. The van der Waals surface area contributed by atoms with Gasteiger partial charge in [-0.2, -0.15) is 0 Å². The van der Waals surface area contributed by atoms with E-state index in [1.54, 1.807) is 48.5 Å². The maximum Gasteiger partial charge on any atom is 0.305 e. The van der Waals surface area contributed by atoms with Gasteiger partial charge in [-0.3, -0.25) is 29.3 Å². The van der Waals surface area contributed by atoms with Crippen molar-refractivity contribution in [2.24, 2.45) is 5.92 Å². The number of imide groups is 1. The molecule has 0 saturated carbocycles. The van der Waals surface area contributed by atoms with Crippen LogP contribution in [0.5, 0.6) is 5.75 Å². The molecule has 0 spiro atoms. The van der Waals surface area contributed by atoms with Crippen molar-refractivity contribution < 1.29 is 24.0 Å². The van der Waals surface area contributed by atoms with E-state index in [2.05, 4.69) is 10.3 Å². The third kappa shape index (κ3) is 5.17. The van der Waals surface area contributed by atoms with Crippen molar-refractivity contribution in [3.05, 3.63) is 108 Å². The van der Waals surface area contributed by atoms with Crippen LogP contribution in [0.15, 0.2) is 82.6 Å². The molecule has 2 N–H and O–H groups in total. The van der Waals surface area contributed by atoms with Crippen molar-refractivity contribution in [3.8, 4) is 5.75 Å². The van der Waals surface area contributed by atoms with Gasteiger partial charge in [-0.1, -0.05) is 46.8 Å². The number of nitrogens with zero attached hydrogens (tertiary/aromatic N) is 2. The summed E-state index contributed by atoms with van der Waals surface area (Å²) in [4.78, 5) is 66.6. The first-order valence-electron chi connectivity index (χ1n) is 12.5. The lowest BCUT2D eigenvalue weighted by Gasteiger charge is -2.29. The molecule has 1 fully saturated rings. The summed E-state index contributed by atoms with van der Waals surface area (Å²) in [6, 6.07) is 18.7. The molecular formula is C28H19ClN4O7S2. The Morgan fingerprint density at radius 1 is 1.00 bits per heavy atom. The minimum atomic E-state index is -0.812. The maximum atomic E-state index is 13.8. The number of thiazole rings is 1. The van der Waals surface area contributed by atoms with Crippen LogP contribution in [0.25, 0.3) is 0 Å². The minimum absolute atomic E-state index is 0.160. The fraction of sp³-hybridized carbons (Fsp3) is 0.143. The Hall–Kier alpha value is -4.46.